The molecule has 3 nitrogen and oxygen atoms in total. The fraction of sp³-hybridized carbons (Fsp3) is 0.133. The van der Waals surface area contributed by atoms with Gasteiger partial charge >= 0.3 is 0 Å². The van der Waals surface area contributed by atoms with Crippen LogP contribution in [0.4, 0.5) is 5.69 Å². The molecule has 0 spiro atoms. The highest BCUT2D eigenvalue weighted by atomic mass is 79.9. The van der Waals surface area contributed by atoms with Crippen LogP contribution in [0.15, 0.2) is 57.9 Å². The molecule has 3 N–H and O–H groups in total. The lowest BCUT2D eigenvalue weighted by atomic mass is 10.2. The standard InChI is InChI=1S/C15H15BrN2OS/c16-12-7-5-11(6-8-12)9-18-13-3-1-2-4-14(13)20-10-15(17)19/h1-8,18H,9-10H2,(H2,17,19). The van der Waals surface area contributed by atoms with Crippen molar-refractivity contribution in [3.8, 4) is 0 Å². The number of nitrogens with two attached hydrogens (primary N) is 1. The van der Waals surface area contributed by atoms with Gasteiger partial charge in [0.1, 0.15) is 0 Å². The van der Waals surface area contributed by atoms with Crippen LogP contribution < -0.4 is 11.1 Å². The second-order valence-electron chi connectivity index (χ2n) is 4.23. The van der Waals surface area contributed by atoms with Crippen LogP contribution in [0.5, 0.6) is 0 Å². The quantitative estimate of drug-likeness (QED) is 0.782. The van der Waals surface area contributed by atoms with Crippen molar-refractivity contribution in [2.24, 2.45) is 5.73 Å². The Bertz CT molecular complexity index is 587. The summed E-state index contributed by atoms with van der Waals surface area (Å²) in [4.78, 5) is 11.9. The molecular weight excluding hydrogens is 336 g/mol. The van der Waals surface area contributed by atoms with Gasteiger partial charge in [-0.05, 0) is 29.8 Å². The maximum absolute atomic E-state index is 10.9. The van der Waals surface area contributed by atoms with Crippen LogP contribution in [0.2, 0.25) is 0 Å². The molecule has 104 valence electrons. The number of thioether (sulfide) groups is 1. The molecule has 2 rings (SSSR count). The first kappa shape index (κ1) is 14.9. The normalized spacial score (nSPS) is 10.2. The molecule has 0 unspecified atom stereocenters. The number of hydrogen-bond acceptors (Lipinski definition) is 3. The average Bonchev–Trinajstić information content (AvgIpc) is 2.45. The van der Waals surface area contributed by atoms with E-state index in [9.17, 15) is 4.79 Å². The van der Waals surface area contributed by atoms with Crippen molar-refractivity contribution in [3.63, 3.8) is 0 Å². The number of para-hydroxylation sites is 1. The molecule has 0 atom stereocenters. The SMILES string of the molecule is NC(=O)CSc1ccccc1NCc1ccc(Br)cc1. The van der Waals surface area contributed by atoms with E-state index in [0.717, 1.165) is 21.6 Å². The molecule has 0 aliphatic carbocycles. The Labute approximate surface area is 131 Å². The molecule has 0 saturated carbocycles. The zero-order valence-corrected chi connectivity index (χ0v) is 13.2. The van der Waals surface area contributed by atoms with Gasteiger partial charge < -0.3 is 11.1 Å². The summed E-state index contributed by atoms with van der Waals surface area (Å²) in [6.45, 7) is 0.738. The lowest BCUT2D eigenvalue weighted by molar-refractivity contribution is -0.115. The van der Waals surface area contributed by atoms with E-state index in [1.54, 1.807) is 0 Å². The van der Waals surface area contributed by atoms with Crippen molar-refractivity contribution in [1.82, 2.24) is 0 Å². The summed E-state index contributed by atoms with van der Waals surface area (Å²) in [7, 11) is 0. The Hall–Kier alpha value is -1.46. The van der Waals surface area contributed by atoms with E-state index in [4.69, 9.17) is 5.73 Å². The number of halogens is 1. The van der Waals surface area contributed by atoms with Gasteiger partial charge in [0.2, 0.25) is 5.91 Å². The summed E-state index contributed by atoms with van der Waals surface area (Å²) in [5.41, 5.74) is 7.40. The average molecular weight is 351 g/mol. The topological polar surface area (TPSA) is 55.1 Å². The zero-order valence-electron chi connectivity index (χ0n) is 10.8. The zero-order chi connectivity index (χ0) is 14.4. The number of anilines is 1. The molecule has 2 aromatic carbocycles. The van der Waals surface area contributed by atoms with E-state index < -0.39 is 0 Å². The molecule has 0 saturated heterocycles. The number of benzene rings is 2. The van der Waals surface area contributed by atoms with Gasteiger partial charge in [0.25, 0.3) is 0 Å². The van der Waals surface area contributed by atoms with E-state index in [1.807, 2.05) is 36.4 Å². The van der Waals surface area contributed by atoms with Gasteiger partial charge in [-0.25, -0.2) is 0 Å². The largest absolute Gasteiger partial charge is 0.380 e. The Morgan fingerprint density at radius 2 is 1.85 bits per heavy atom. The third-order valence-corrected chi connectivity index (χ3v) is 4.28. The maximum Gasteiger partial charge on any atom is 0.227 e. The van der Waals surface area contributed by atoms with Crippen LogP contribution >= 0.6 is 27.7 Å². The van der Waals surface area contributed by atoms with E-state index >= 15 is 0 Å². The summed E-state index contributed by atoms with van der Waals surface area (Å²) < 4.78 is 1.07. The summed E-state index contributed by atoms with van der Waals surface area (Å²) in [6, 6.07) is 16.1. The van der Waals surface area contributed by atoms with Crippen LogP contribution in [0.3, 0.4) is 0 Å². The van der Waals surface area contributed by atoms with E-state index in [1.165, 1.54) is 17.3 Å². The summed E-state index contributed by atoms with van der Waals surface area (Å²) in [5, 5.41) is 3.38. The molecule has 0 bridgehead atoms. The number of rotatable bonds is 6. The predicted molar refractivity (Wildman–Crippen MR) is 87.8 cm³/mol. The maximum atomic E-state index is 10.9. The Balaban J connectivity index is 2.01. The van der Waals surface area contributed by atoms with Crippen molar-refractivity contribution in [2.75, 3.05) is 11.1 Å². The van der Waals surface area contributed by atoms with Crippen molar-refractivity contribution < 1.29 is 4.79 Å². The molecule has 0 fully saturated rings. The van der Waals surface area contributed by atoms with Crippen molar-refractivity contribution in [1.29, 1.82) is 0 Å². The van der Waals surface area contributed by atoms with Crippen molar-refractivity contribution >= 4 is 39.3 Å². The van der Waals surface area contributed by atoms with Gasteiger partial charge in [-0.3, -0.25) is 4.79 Å². The molecular formula is C15H15BrN2OS. The second-order valence-corrected chi connectivity index (χ2v) is 6.16. The first-order valence-electron chi connectivity index (χ1n) is 6.13. The molecule has 20 heavy (non-hydrogen) atoms. The van der Waals surface area contributed by atoms with Gasteiger partial charge in [-0.1, -0.05) is 40.2 Å². The Morgan fingerprint density at radius 1 is 1.15 bits per heavy atom. The molecule has 0 aromatic heterocycles. The third-order valence-electron chi connectivity index (χ3n) is 2.65. The highest BCUT2D eigenvalue weighted by Gasteiger charge is 2.04. The van der Waals surface area contributed by atoms with Gasteiger partial charge in [-0.15, -0.1) is 11.8 Å². The minimum atomic E-state index is -0.308. The molecule has 0 aliphatic heterocycles. The number of nitrogens with one attached hydrogen (secondary N) is 1. The van der Waals surface area contributed by atoms with E-state index in [2.05, 4.69) is 33.4 Å². The number of primary amides is 1. The second kappa shape index (κ2) is 7.36. The van der Waals surface area contributed by atoms with Gasteiger partial charge in [-0.2, -0.15) is 0 Å². The number of amides is 1. The lowest BCUT2D eigenvalue weighted by Crippen LogP contribution is -2.13. The number of carbonyl (C=O) groups is 1. The van der Waals surface area contributed by atoms with Gasteiger partial charge in [0.15, 0.2) is 0 Å². The van der Waals surface area contributed by atoms with Gasteiger partial charge in [0, 0.05) is 21.6 Å². The molecule has 0 radical (unpaired) electrons. The third kappa shape index (κ3) is 4.58. The minimum Gasteiger partial charge on any atom is -0.380 e. The van der Waals surface area contributed by atoms with E-state index in [-0.39, 0.29) is 11.7 Å². The first-order valence-corrected chi connectivity index (χ1v) is 7.91. The Morgan fingerprint density at radius 3 is 2.55 bits per heavy atom. The van der Waals surface area contributed by atoms with Crippen molar-refractivity contribution in [2.45, 2.75) is 11.4 Å². The van der Waals surface area contributed by atoms with Crippen LogP contribution in [0.25, 0.3) is 0 Å². The summed E-state index contributed by atoms with van der Waals surface area (Å²) >= 11 is 4.87. The fourth-order valence-electron chi connectivity index (χ4n) is 1.69. The molecule has 1 amide bonds. The number of carbonyl (C=O) groups excluding carboxylic acids is 1. The van der Waals surface area contributed by atoms with Crippen LogP contribution in [0.1, 0.15) is 5.56 Å². The Kier molecular flexibility index (Phi) is 5.49. The number of hydrogen-bond donors (Lipinski definition) is 2. The fourth-order valence-corrected chi connectivity index (χ4v) is 2.72. The highest BCUT2D eigenvalue weighted by Crippen LogP contribution is 2.27. The summed E-state index contributed by atoms with van der Waals surface area (Å²) in [6.07, 6.45) is 0. The van der Waals surface area contributed by atoms with Gasteiger partial charge in [0.05, 0.1) is 5.75 Å². The predicted octanol–water partition coefficient (Wildman–Crippen LogP) is 3.64. The molecule has 5 heteroatoms. The van der Waals surface area contributed by atoms with E-state index in [0.29, 0.717) is 0 Å². The van der Waals surface area contributed by atoms with Crippen LogP contribution in [-0.4, -0.2) is 11.7 Å². The smallest absolute Gasteiger partial charge is 0.227 e. The minimum absolute atomic E-state index is 0.289. The van der Waals surface area contributed by atoms with Crippen molar-refractivity contribution in [3.05, 3.63) is 58.6 Å². The first-order chi connectivity index (χ1) is 9.65. The van der Waals surface area contributed by atoms with Crippen LogP contribution in [-0.2, 0) is 11.3 Å². The summed E-state index contributed by atoms with van der Waals surface area (Å²) in [5.74, 6) is -0.0190. The molecule has 2 aromatic rings. The molecule has 0 aliphatic rings. The monoisotopic (exact) mass is 350 g/mol. The highest BCUT2D eigenvalue weighted by molar-refractivity contribution is 9.10. The lowest BCUT2D eigenvalue weighted by Gasteiger charge is -2.11. The molecule has 0 heterocycles. The van der Waals surface area contributed by atoms with Crippen LogP contribution in [0, 0.1) is 0 Å².